The first-order valence-corrected chi connectivity index (χ1v) is 27.9. The van der Waals surface area contributed by atoms with Crippen LogP contribution in [0.25, 0.3) is 66.6 Å². The summed E-state index contributed by atoms with van der Waals surface area (Å²) in [6, 6.07) is 51.0. The average Bonchev–Trinajstić information content (AvgIpc) is 3.39. The van der Waals surface area contributed by atoms with Gasteiger partial charge in [-0.3, -0.25) is 19.2 Å². The zero-order valence-electron chi connectivity index (χ0n) is 46.1. The molecule has 10 rings (SSSR count). The summed E-state index contributed by atoms with van der Waals surface area (Å²) >= 11 is 0. The van der Waals surface area contributed by atoms with E-state index < -0.39 is 0 Å². The van der Waals surface area contributed by atoms with Gasteiger partial charge in [0.05, 0.1) is 0 Å². The fraction of sp³-hybridized carbons (Fsp3) is 0.235. The Morgan fingerprint density at radius 1 is 0.400 bits per heavy atom. The number of nitrogens with one attached hydrogen (secondary N) is 2. The van der Waals surface area contributed by atoms with E-state index in [1.165, 1.54) is 0 Å². The zero-order chi connectivity index (χ0) is 55.9. The summed E-state index contributed by atoms with van der Waals surface area (Å²) in [6.45, 7) is 9.00. The van der Waals surface area contributed by atoms with Gasteiger partial charge >= 0.3 is 0 Å². The summed E-state index contributed by atoms with van der Waals surface area (Å²) in [5, 5.41) is 6.08. The van der Waals surface area contributed by atoms with Crippen LogP contribution in [0.1, 0.15) is 128 Å². The zero-order valence-corrected chi connectivity index (χ0v) is 46.1. The van der Waals surface area contributed by atoms with Gasteiger partial charge in [-0.1, -0.05) is 86.3 Å². The summed E-state index contributed by atoms with van der Waals surface area (Å²) < 4.78 is 4.28. The van der Waals surface area contributed by atoms with Gasteiger partial charge in [0.25, 0.3) is 11.8 Å². The van der Waals surface area contributed by atoms with E-state index in [2.05, 4.69) is 19.8 Å². The summed E-state index contributed by atoms with van der Waals surface area (Å²) in [7, 11) is 0. The van der Waals surface area contributed by atoms with Crippen molar-refractivity contribution in [1.29, 1.82) is 0 Å². The van der Waals surface area contributed by atoms with Gasteiger partial charge in [0.15, 0.2) is 11.6 Å². The quantitative estimate of drug-likeness (QED) is 0.0181. The van der Waals surface area contributed by atoms with E-state index in [1.807, 2.05) is 185 Å². The van der Waals surface area contributed by atoms with Crippen LogP contribution in [0.2, 0.25) is 0 Å². The highest BCUT2D eigenvalue weighted by atomic mass is 16.2. The van der Waals surface area contributed by atoms with Crippen LogP contribution in [0.4, 0.5) is 11.4 Å². The van der Waals surface area contributed by atoms with E-state index >= 15 is 0 Å². The number of fused-ring (bicyclic) bond motifs is 4. The largest absolute Gasteiger partial charge is 0.398 e. The van der Waals surface area contributed by atoms with Crippen molar-refractivity contribution in [3.63, 3.8) is 0 Å². The van der Waals surface area contributed by atoms with Crippen molar-refractivity contribution >= 4 is 78.9 Å². The Morgan fingerprint density at radius 3 is 1.11 bits per heavy atom. The van der Waals surface area contributed by atoms with Crippen LogP contribution < -0.4 is 31.2 Å². The molecule has 8 aromatic carbocycles. The number of unbranched alkanes of at least 4 members (excludes halogenated alkanes) is 6. The van der Waals surface area contributed by atoms with E-state index in [4.69, 9.17) is 21.4 Å². The monoisotopic (exact) mass is 1060 g/mol. The Labute approximate surface area is 466 Å². The number of nitrogens with two attached hydrogens (primary N) is 2. The highest BCUT2D eigenvalue weighted by Crippen LogP contribution is 2.28. The van der Waals surface area contributed by atoms with Gasteiger partial charge in [0, 0.05) is 108 Å². The van der Waals surface area contributed by atoms with E-state index in [1.54, 1.807) is 0 Å². The van der Waals surface area contributed by atoms with E-state index in [9.17, 15) is 19.2 Å². The van der Waals surface area contributed by atoms with Gasteiger partial charge in [-0.05, 0) is 135 Å². The molecule has 0 atom stereocenters. The maximum absolute atomic E-state index is 13.7. The molecule has 6 N–H and O–H groups in total. The minimum absolute atomic E-state index is 0.105. The van der Waals surface area contributed by atoms with Crippen LogP contribution in [0.15, 0.2) is 158 Å². The van der Waals surface area contributed by atoms with Crippen LogP contribution in [0, 0.1) is 27.7 Å². The highest BCUT2D eigenvalue weighted by molar-refractivity contribution is 6.02. The molecule has 80 heavy (non-hydrogen) atoms. The van der Waals surface area contributed by atoms with E-state index in [-0.39, 0.29) is 23.4 Å². The summed E-state index contributed by atoms with van der Waals surface area (Å²) in [6.07, 6.45) is 7.55. The first-order chi connectivity index (χ1) is 38.8. The number of hydrogen-bond donors (Lipinski definition) is 4. The van der Waals surface area contributed by atoms with Gasteiger partial charge in [0.2, 0.25) is 33.4 Å². The second kappa shape index (κ2) is 24.2. The van der Waals surface area contributed by atoms with Crippen LogP contribution in [-0.2, 0) is 0 Å². The van der Waals surface area contributed by atoms with Gasteiger partial charge in [-0.25, -0.2) is 9.97 Å². The molecule has 0 aliphatic heterocycles. The van der Waals surface area contributed by atoms with E-state index in [0.717, 1.165) is 140 Å². The molecule has 0 bridgehead atoms. The molecule has 12 heteroatoms. The summed E-state index contributed by atoms with van der Waals surface area (Å²) in [5.74, 6) is -0.0506. The number of carbonyl (C=O) groups excluding carboxylic acids is 4. The van der Waals surface area contributed by atoms with Gasteiger partial charge in [-0.2, -0.15) is 0 Å². The molecule has 0 spiro atoms. The SMILES string of the molecule is Cc1cc2nc3cc(C)c(C(=O)CCCCCCNC(=O)c4ccc(-c5ccc(C(=O)NCCCCCCC(=O)c6cc7c(cc6C)nc6cc(C)c(N)cc6[n+]7-c6ccccc6)cc5)cc4)cc3[n+](-c3ccccc3)c2cc1N. The first kappa shape index (κ1) is 54.2. The smallest absolute Gasteiger partial charge is 0.251 e. The lowest BCUT2D eigenvalue weighted by Crippen LogP contribution is -2.33. The normalized spacial score (nSPS) is 11.4. The predicted molar refractivity (Wildman–Crippen MR) is 321 cm³/mol. The molecule has 0 saturated heterocycles. The number of para-hydroxylation sites is 2. The van der Waals surface area contributed by atoms with Crippen LogP contribution >= 0.6 is 0 Å². The number of hydrogen-bond acceptors (Lipinski definition) is 8. The Hall–Kier alpha value is -9.16. The average molecular weight is 1060 g/mol. The number of aromatic nitrogens is 4. The number of benzene rings is 8. The Balaban J connectivity index is 0.635. The number of Topliss-reactive ketones (excluding diaryl/α,β-unsaturated/α-hetero) is 2. The van der Waals surface area contributed by atoms with Crippen LogP contribution in [0.5, 0.6) is 0 Å². The molecule has 0 unspecified atom stereocenters. The number of aryl methyl sites for hydroxylation is 4. The number of amides is 2. The molecular formula is C68H68N8O4+2. The van der Waals surface area contributed by atoms with Crippen LogP contribution in [-0.4, -0.2) is 46.4 Å². The molecule has 2 heterocycles. The molecule has 2 aromatic heterocycles. The van der Waals surface area contributed by atoms with Gasteiger partial charge in [-0.15, -0.1) is 9.13 Å². The Kier molecular flexibility index (Phi) is 16.4. The minimum Gasteiger partial charge on any atom is -0.398 e. The van der Waals surface area contributed by atoms with Crippen molar-refractivity contribution in [3.05, 3.63) is 202 Å². The molecule has 0 aliphatic carbocycles. The summed E-state index contributed by atoms with van der Waals surface area (Å²) in [4.78, 5) is 63.4. The molecule has 0 saturated carbocycles. The van der Waals surface area contributed by atoms with Crippen molar-refractivity contribution in [3.8, 4) is 22.5 Å². The van der Waals surface area contributed by atoms with E-state index in [0.29, 0.717) is 59.6 Å². The Bertz CT molecular complexity index is 3720. The maximum atomic E-state index is 13.7. The Morgan fingerprint density at radius 2 is 0.738 bits per heavy atom. The fourth-order valence-electron chi connectivity index (χ4n) is 10.7. The molecular weight excluding hydrogens is 993 g/mol. The lowest BCUT2D eigenvalue weighted by molar-refractivity contribution is -0.538. The molecule has 402 valence electrons. The second-order valence-corrected chi connectivity index (χ2v) is 21.1. The molecule has 2 amide bonds. The minimum atomic E-state index is -0.131. The third kappa shape index (κ3) is 11.9. The van der Waals surface area contributed by atoms with Crippen molar-refractivity contribution in [2.75, 3.05) is 24.6 Å². The lowest BCUT2D eigenvalue weighted by Gasteiger charge is -2.10. The predicted octanol–water partition coefficient (Wildman–Crippen LogP) is 12.8. The highest BCUT2D eigenvalue weighted by Gasteiger charge is 2.25. The second-order valence-electron chi connectivity index (χ2n) is 21.1. The number of anilines is 2. The number of rotatable bonds is 21. The number of ketones is 2. The third-order valence-corrected chi connectivity index (χ3v) is 15.3. The van der Waals surface area contributed by atoms with Gasteiger partial charge < -0.3 is 22.1 Å². The third-order valence-electron chi connectivity index (χ3n) is 15.3. The van der Waals surface area contributed by atoms with Crippen molar-refractivity contribution in [2.45, 2.75) is 91.9 Å². The number of nitrogens with zero attached hydrogens (tertiary/aromatic N) is 4. The molecule has 0 aliphatic rings. The molecule has 10 aromatic rings. The number of carbonyl (C=O) groups is 4. The van der Waals surface area contributed by atoms with Crippen LogP contribution in [0.3, 0.4) is 0 Å². The lowest BCUT2D eigenvalue weighted by atomic mass is 9.98. The van der Waals surface area contributed by atoms with Crippen molar-refractivity contribution < 1.29 is 28.3 Å². The number of nitrogen functional groups attached to an aromatic ring is 2. The molecule has 12 nitrogen and oxygen atoms in total. The maximum Gasteiger partial charge on any atom is 0.251 e. The first-order valence-electron chi connectivity index (χ1n) is 27.9. The standard InChI is InChI=1S/C68H66N8O4/c1-43-35-57-61(75(51-19-11-9-12-20-51)63-41-55(69)45(3)37-59(63)73-57)39-53(43)65(77)23-15-5-7-17-33-71-67(79)49-29-25-47(26-30-49)48-27-31-50(32-28-48)68(80)72-34-18-8-6-16-24-66(78)54-40-62-58(36-44(54)2)74-60-38-46(4)56(70)42-64(60)76(62)52-21-13-10-14-22-52/h9-14,19-22,25-32,35-42,69-70H,5-8,15-18,23-24,33-34H2,1-4H3,(H2,71,72,79,80)/p+2. The van der Waals surface area contributed by atoms with Crippen molar-refractivity contribution in [2.24, 2.45) is 0 Å². The summed E-state index contributed by atoms with van der Waals surface area (Å²) in [5.41, 5.74) is 31.0. The molecule has 0 fully saturated rings. The molecule has 0 radical (unpaired) electrons. The van der Waals surface area contributed by atoms with Crippen molar-refractivity contribution in [1.82, 2.24) is 20.6 Å². The fourth-order valence-corrected chi connectivity index (χ4v) is 10.7. The topological polar surface area (TPSA) is 178 Å². The van der Waals surface area contributed by atoms with Gasteiger partial charge in [0.1, 0.15) is 22.1 Å².